The predicted molar refractivity (Wildman–Crippen MR) is 139 cm³/mol. The van der Waals surface area contributed by atoms with Crippen LogP contribution in [0.25, 0.3) is 0 Å². The van der Waals surface area contributed by atoms with Crippen LogP contribution >= 0.6 is 0 Å². The number of nitrogens with zero attached hydrogens (tertiary/aromatic N) is 1. The van der Waals surface area contributed by atoms with E-state index in [2.05, 4.69) is 10.1 Å². The normalized spacial score (nSPS) is 18.1. The van der Waals surface area contributed by atoms with Gasteiger partial charge in [0.2, 0.25) is 11.5 Å². The number of carbonyl (C=O) groups excluding carboxylic acids is 2. The van der Waals surface area contributed by atoms with Crippen LogP contribution in [0.15, 0.2) is 41.3 Å². The highest BCUT2D eigenvalue weighted by Gasteiger charge is 2.51. The summed E-state index contributed by atoms with van der Waals surface area (Å²) in [5, 5.41) is 2.17. The second kappa shape index (κ2) is 10.9. The average Bonchev–Trinajstić information content (AvgIpc) is 3.71. The smallest absolute Gasteiger partial charge is 0.427 e. The molecule has 0 saturated heterocycles. The molecule has 0 bridgehead atoms. The number of halogens is 4. The highest BCUT2D eigenvalue weighted by molar-refractivity contribution is 7.92. The largest absolute Gasteiger partial charge is 0.494 e. The Balaban J connectivity index is 1.69. The van der Waals surface area contributed by atoms with Crippen LogP contribution in [-0.2, 0) is 19.6 Å². The van der Waals surface area contributed by atoms with Crippen molar-refractivity contribution in [2.24, 2.45) is 17.6 Å². The van der Waals surface area contributed by atoms with Crippen molar-refractivity contribution in [1.29, 1.82) is 0 Å². The zero-order valence-electron chi connectivity index (χ0n) is 22.3. The van der Waals surface area contributed by atoms with Crippen LogP contribution in [0.2, 0.25) is 0 Å². The first kappa shape index (κ1) is 30.2. The molecule has 2 aliphatic rings. The summed E-state index contributed by atoms with van der Waals surface area (Å²) < 4.78 is 97.6. The van der Waals surface area contributed by atoms with Crippen molar-refractivity contribution in [3.8, 4) is 11.5 Å². The molecule has 2 atom stereocenters. The number of sulfonamides is 1. The van der Waals surface area contributed by atoms with Crippen molar-refractivity contribution < 1.29 is 49.8 Å². The van der Waals surface area contributed by atoms with Gasteiger partial charge < -0.3 is 19.9 Å². The van der Waals surface area contributed by atoms with Crippen LogP contribution in [-0.4, -0.2) is 52.0 Å². The van der Waals surface area contributed by atoms with E-state index in [9.17, 15) is 35.6 Å². The van der Waals surface area contributed by atoms with E-state index in [4.69, 9.17) is 15.2 Å². The molecular formula is C26H29F4N3O7S. The van der Waals surface area contributed by atoms with Crippen LogP contribution < -0.4 is 24.8 Å². The lowest BCUT2D eigenvalue weighted by Crippen LogP contribution is -2.45. The molecule has 3 N–H and O–H groups in total. The molecule has 2 amide bonds. The van der Waals surface area contributed by atoms with Crippen molar-refractivity contribution in [2.45, 2.75) is 55.9 Å². The topological polar surface area (TPSA) is 137 Å². The van der Waals surface area contributed by atoms with E-state index in [1.807, 2.05) is 0 Å². The van der Waals surface area contributed by atoms with Crippen molar-refractivity contribution in [2.75, 3.05) is 23.3 Å². The summed E-state index contributed by atoms with van der Waals surface area (Å²) >= 11 is 0. The molecule has 15 heteroatoms. The van der Waals surface area contributed by atoms with Gasteiger partial charge >= 0.3 is 12.3 Å². The van der Waals surface area contributed by atoms with Gasteiger partial charge in [-0.15, -0.1) is 0 Å². The quantitative estimate of drug-likeness (QED) is 0.400. The second-order valence-electron chi connectivity index (χ2n) is 10.4. The van der Waals surface area contributed by atoms with Crippen LogP contribution in [0.5, 0.6) is 11.5 Å². The number of fused-ring (bicyclic) bond motifs is 1. The van der Waals surface area contributed by atoms with E-state index in [1.165, 1.54) is 25.3 Å². The first-order chi connectivity index (χ1) is 19.0. The van der Waals surface area contributed by atoms with Crippen LogP contribution in [0, 0.1) is 17.7 Å². The monoisotopic (exact) mass is 603 g/mol. The Bertz CT molecular complexity index is 1450. The van der Waals surface area contributed by atoms with Gasteiger partial charge in [0.05, 0.1) is 24.2 Å². The first-order valence-corrected chi connectivity index (χ1v) is 14.0. The van der Waals surface area contributed by atoms with Crippen LogP contribution in [0.4, 0.5) is 33.7 Å². The summed E-state index contributed by atoms with van der Waals surface area (Å²) in [5.74, 6) is -2.03. The van der Waals surface area contributed by atoms with Crippen LogP contribution in [0.3, 0.4) is 0 Å². The van der Waals surface area contributed by atoms with Gasteiger partial charge in [-0.05, 0) is 69.4 Å². The van der Waals surface area contributed by atoms with E-state index in [1.54, 1.807) is 0 Å². The standard InChI is InChI=1S/C26H29F4N3O7S/c1-25(2,26(28,29)30)40-24(35)32-15-6-9-21-20(10-15)33(13-16(39-21)11-18(23(31)34)14-4-5-14)41(36,37)17-7-8-19(27)22(12-17)38-3/h6-10,12,14,16,18H,4-5,11,13H2,1-3H3,(H2,31,34)(H,32,35)/t16-,18+/m0/s1. The molecule has 10 nitrogen and oxygen atoms in total. The highest BCUT2D eigenvalue weighted by Crippen LogP contribution is 2.44. The molecule has 2 aromatic rings. The van der Waals surface area contributed by atoms with E-state index < -0.39 is 51.6 Å². The SMILES string of the molecule is COc1cc(S(=O)(=O)N2C[C@H](C[C@@H](C(N)=O)C3CC3)Oc3ccc(NC(=O)OC(C)(C)C(F)(F)F)cc32)ccc1F. The van der Waals surface area contributed by atoms with Gasteiger partial charge in [-0.2, -0.15) is 13.2 Å². The minimum absolute atomic E-state index is 0.0560. The third-order valence-corrected chi connectivity index (χ3v) is 8.73. The Hall–Kier alpha value is -3.75. The summed E-state index contributed by atoms with van der Waals surface area (Å²) in [6, 6.07) is 6.79. The number of hydrogen-bond acceptors (Lipinski definition) is 7. The summed E-state index contributed by atoms with van der Waals surface area (Å²) in [5.41, 5.74) is 2.65. The molecular weight excluding hydrogens is 574 g/mol. The Morgan fingerprint density at radius 3 is 2.44 bits per heavy atom. The number of carbonyl (C=O) groups is 2. The first-order valence-electron chi connectivity index (χ1n) is 12.6. The number of benzene rings is 2. The summed E-state index contributed by atoms with van der Waals surface area (Å²) in [6.07, 6.45) is -5.30. The summed E-state index contributed by atoms with van der Waals surface area (Å²) in [4.78, 5) is 24.0. The van der Waals surface area contributed by atoms with Gasteiger partial charge in [-0.1, -0.05) is 0 Å². The maximum Gasteiger partial charge on any atom is 0.427 e. The maximum absolute atomic E-state index is 14.0. The average molecular weight is 604 g/mol. The van der Waals surface area contributed by atoms with Gasteiger partial charge in [0, 0.05) is 17.7 Å². The number of nitrogens with two attached hydrogens (primary N) is 1. The molecule has 1 aliphatic carbocycles. The van der Waals surface area contributed by atoms with Gasteiger partial charge in [0.15, 0.2) is 11.6 Å². The van der Waals surface area contributed by atoms with Crippen molar-refractivity contribution in [3.05, 3.63) is 42.2 Å². The molecule has 0 aromatic heterocycles. The lowest BCUT2D eigenvalue weighted by Gasteiger charge is -2.36. The zero-order valence-corrected chi connectivity index (χ0v) is 23.1. The van der Waals surface area contributed by atoms with Gasteiger partial charge in [-0.25, -0.2) is 17.6 Å². The Morgan fingerprint density at radius 2 is 1.85 bits per heavy atom. The lowest BCUT2D eigenvalue weighted by atomic mass is 9.95. The third kappa shape index (κ3) is 6.44. The number of anilines is 2. The lowest BCUT2D eigenvalue weighted by molar-refractivity contribution is -0.242. The summed E-state index contributed by atoms with van der Waals surface area (Å²) in [6.45, 7) is 1.08. The van der Waals surface area contributed by atoms with E-state index in [0.717, 1.165) is 35.3 Å². The molecule has 41 heavy (non-hydrogen) atoms. The summed E-state index contributed by atoms with van der Waals surface area (Å²) in [7, 11) is -3.24. The molecule has 1 fully saturated rings. The van der Waals surface area contributed by atoms with E-state index in [0.29, 0.717) is 13.8 Å². The van der Waals surface area contributed by atoms with Crippen molar-refractivity contribution >= 4 is 33.4 Å². The fourth-order valence-corrected chi connectivity index (χ4v) is 5.94. The van der Waals surface area contributed by atoms with Gasteiger partial charge in [-0.3, -0.25) is 14.4 Å². The molecule has 0 radical (unpaired) electrons. The van der Waals surface area contributed by atoms with E-state index >= 15 is 0 Å². The Morgan fingerprint density at radius 1 is 1.17 bits per heavy atom. The molecule has 2 aromatic carbocycles. The Kier molecular flexibility index (Phi) is 8.04. The number of primary amides is 1. The highest BCUT2D eigenvalue weighted by atomic mass is 32.2. The number of ether oxygens (including phenoxy) is 3. The molecule has 1 aliphatic heterocycles. The van der Waals surface area contributed by atoms with Gasteiger partial charge in [0.25, 0.3) is 10.0 Å². The molecule has 0 spiro atoms. The number of rotatable bonds is 9. The zero-order chi connectivity index (χ0) is 30.3. The molecule has 1 heterocycles. The third-order valence-electron chi connectivity index (χ3n) is 6.95. The number of nitrogens with one attached hydrogen (secondary N) is 1. The van der Waals surface area contributed by atoms with Crippen molar-refractivity contribution in [1.82, 2.24) is 0 Å². The van der Waals surface area contributed by atoms with Crippen molar-refractivity contribution in [3.63, 3.8) is 0 Å². The number of methoxy groups -OCH3 is 1. The van der Waals surface area contributed by atoms with E-state index in [-0.39, 0.29) is 46.7 Å². The number of amides is 2. The molecule has 0 unspecified atom stereocenters. The second-order valence-corrected chi connectivity index (χ2v) is 12.2. The fraction of sp³-hybridized carbons (Fsp3) is 0.462. The number of hydrogen-bond donors (Lipinski definition) is 2. The minimum atomic E-state index is -4.84. The minimum Gasteiger partial charge on any atom is -0.494 e. The molecule has 224 valence electrons. The molecule has 4 rings (SSSR count). The predicted octanol–water partition coefficient (Wildman–Crippen LogP) is 4.58. The number of alkyl halides is 3. The molecule has 1 saturated carbocycles. The Labute approximate surface area is 233 Å². The maximum atomic E-state index is 14.0. The van der Waals surface area contributed by atoms with Crippen LogP contribution in [0.1, 0.15) is 33.1 Å². The fourth-order valence-electron chi connectivity index (χ4n) is 4.42. The van der Waals surface area contributed by atoms with Gasteiger partial charge in [0.1, 0.15) is 11.9 Å².